The van der Waals surface area contributed by atoms with Gasteiger partial charge < -0.3 is 10.8 Å². The standard InChI is InChI=1S/C14H21BrN2O/c1-10-4-5-17(9-12(10)7-16)8-11-6-13(15)2-3-14(11)18/h2-3,6,10,12,18H,4-5,7-9,16H2,1H3. The molecule has 0 radical (unpaired) electrons. The summed E-state index contributed by atoms with van der Waals surface area (Å²) in [5.74, 6) is 1.66. The van der Waals surface area contributed by atoms with Crippen LogP contribution in [0.2, 0.25) is 0 Å². The van der Waals surface area contributed by atoms with Gasteiger partial charge in [0.15, 0.2) is 0 Å². The molecule has 1 aliphatic rings. The van der Waals surface area contributed by atoms with Crippen molar-refractivity contribution < 1.29 is 5.11 Å². The van der Waals surface area contributed by atoms with E-state index in [1.54, 1.807) is 6.07 Å². The van der Waals surface area contributed by atoms with E-state index in [1.807, 2.05) is 12.1 Å². The highest BCUT2D eigenvalue weighted by Crippen LogP contribution is 2.27. The average Bonchev–Trinajstić information content (AvgIpc) is 2.36. The first kappa shape index (κ1) is 13.8. The summed E-state index contributed by atoms with van der Waals surface area (Å²) < 4.78 is 1.01. The Hall–Kier alpha value is -0.580. The second kappa shape index (κ2) is 6.04. The van der Waals surface area contributed by atoms with Crippen LogP contribution in [-0.4, -0.2) is 29.6 Å². The first-order valence-electron chi connectivity index (χ1n) is 6.50. The Labute approximate surface area is 117 Å². The molecule has 2 rings (SSSR count). The summed E-state index contributed by atoms with van der Waals surface area (Å²) in [6.45, 7) is 5.95. The predicted molar refractivity (Wildman–Crippen MR) is 77.4 cm³/mol. The van der Waals surface area contributed by atoms with Gasteiger partial charge in [-0.3, -0.25) is 4.90 Å². The fourth-order valence-corrected chi connectivity index (χ4v) is 3.01. The van der Waals surface area contributed by atoms with Gasteiger partial charge in [0.05, 0.1) is 0 Å². The zero-order valence-electron chi connectivity index (χ0n) is 10.8. The van der Waals surface area contributed by atoms with E-state index >= 15 is 0 Å². The van der Waals surface area contributed by atoms with Crippen LogP contribution in [0.4, 0.5) is 0 Å². The van der Waals surface area contributed by atoms with Crippen LogP contribution in [0.15, 0.2) is 22.7 Å². The second-order valence-corrected chi connectivity index (χ2v) is 6.19. The van der Waals surface area contributed by atoms with Crippen LogP contribution in [0.5, 0.6) is 5.75 Å². The molecule has 3 nitrogen and oxygen atoms in total. The van der Waals surface area contributed by atoms with Crippen molar-refractivity contribution in [3.8, 4) is 5.75 Å². The van der Waals surface area contributed by atoms with E-state index in [0.29, 0.717) is 17.6 Å². The van der Waals surface area contributed by atoms with Crippen LogP contribution in [0.25, 0.3) is 0 Å². The van der Waals surface area contributed by atoms with E-state index in [1.165, 1.54) is 6.42 Å². The molecule has 0 amide bonds. The van der Waals surface area contributed by atoms with E-state index in [-0.39, 0.29) is 0 Å². The maximum Gasteiger partial charge on any atom is 0.120 e. The Morgan fingerprint density at radius 1 is 1.50 bits per heavy atom. The van der Waals surface area contributed by atoms with E-state index in [4.69, 9.17) is 5.73 Å². The molecule has 0 aliphatic carbocycles. The number of hydrogen-bond acceptors (Lipinski definition) is 3. The van der Waals surface area contributed by atoms with Crippen LogP contribution < -0.4 is 5.73 Å². The lowest BCUT2D eigenvalue weighted by molar-refractivity contribution is 0.125. The summed E-state index contributed by atoms with van der Waals surface area (Å²) in [6, 6.07) is 5.59. The number of benzene rings is 1. The second-order valence-electron chi connectivity index (χ2n) is 5.27. The summed E-state index contributed by atoms with van der Waals surface area (Å²) in [6.07, 6.45) is 1.19. The molecule has 4 heteroatoms. The van der Waals surface area contributed by atoms with Crippen LogP contribution in [0, 0.1) is 11.8 Å². The Morgan fingerprint density at radius 3 is 3.00 bits per heavy atom. The normalized spacial score (nSPS) is 25.3. The minimum Gasteiger partial charge on any atom is -0.508 e. The minimum absolute atomic E-state index is 0.376. The molecule has 1 saturated heterocycles. The molecule has 2 atom stereocenters. The van der Waals surface area contributed by atoms with Crippen molar-refractivity contribution in [3.63, 3.8) is 0 Å². The summed E-state index contributed by atoms with van der Waals surface area (Å²) >= 11 is 3.45. The van der Waals surface area contributed by atoms with Gasteiger partial charge in [0.1, 0.15) is 5.75 Å². The molecule has 1 aliphatic heterocycles. The highest BCUT2D eigenvalue weighted by molar-refractivity contribution is 9.10. The quantitative estimate of drug-likeness (QED) is 0.902. The van der Waals surface area contributed by atoms with Gasteiger partial charge in [-0.15, -0.1) is 0 Å². The van der Waals surface area contributed by atoms with Crippen molar-refractivity contribution in [2.45, 2.75) is 19.9 Å². The number of likely N-dealkylation sites (tertiary alicyclic amines) is 1. The summed E-state index contributed by atoms with van der Waals surface area (Å²) in [7, 11) is 0. The molecule has 2 unspecified atom stereocenters. The van der Waals surface area contributed by atoms with Crippen molar-refractivity contribution in [2.75, 3.05) is 19.6 Å². The molecular weight excluding hydrogens is 292 g/mol. The zero-order chi connectivity index (χ0) is 13.1. The Morgan fingerprint density at radius 2 is 2.28 bits per heavy atom. The third kappa shape index (κ3) is 3.25. The Kier molecular flexibility index (Phi) is 4.65. The Bertz CT molecular complexity index is 411. The largest absolute Gasteiger partial charge is 0.508 e. The smallest absolute Gasteiger partial charge is 0.120 e. The molecule has 1 heterocycles. The average molecular weight is 313 g/mol. The van der Waals surface area contributed by atoms with E-state index in [2.05, 4.69) is 27.8 Å². The molecule has 0 saturated carbocycles. The van der Waals surface area contributed by atoms with Crippen molar-refractivity contribution >= 4 is 15.9 Å². The number of halogens is 1. The molecule has 1 aromatic carbocycles. The van der Waals surface area contributed by atoms with Gasteiger partial charge in [-0.1, -0.05) is 22.9 Å². The van der Waals surface area contributed by atoms with Gasteiger partial charge in [0.25, 0.3) is 0 Å². The van der Waals surface area contributed by atoms with E-state index in [9.17, 15) is 5.11 Å². The molecule has 3 N–H and O–H groups in total. The van der Waals surface area contributed by atoms with Crippen LogP contribution in [0.3, 0.4) is 0 Å². The van der Waals surface area contributed by atoms with Gasteiger partial charge in [-0.05, 0) is 49.5 Å². The monoisotopic (exact) mass is 312 g/mol. The third-order valence-electron chi connectivity index (χ3n) is 3.94. The lowest BCUT2D eigenvalue weighted by Crippen LogP contribution is -2.42. The maximum atomic E-state index is 9.87. The number of piperidine rings is 1. The summed E-state index contributed by atoms with van der Waals surface area (Å²) in [5.41, 5.74) is 6.80. The zero-order valence-corrected chi connectivity index (χ0v) is 12.4. The van der Waals surface area contributed by atoms with Crippen molar-refractivity contribution in [3.05, 3.63) is 28.2 Å². The SMILES string of the molecule is CC1CCN(Cc2cc(Br)ccc2O)CC1CN. The highest BCUT2D eigenvalue weighted by atomic mass is 79.9. The van der Waals surface area contributed by atoms with Crippen molar-refractivity contribution in [2.24, 2.45) is 17.6 Å². The van der Waals surface area contributed by atoms with Crippen LogP contribution in [0.1, 0.15) is 18.9 Å². The molecule has 1 fully saturated rings. The molecule has 18 heavy (non-hydrogen) atoms. The number of hydrogen-bond donors (Lipinski definition) is 2. The number of rotatable bonds is 3. The Balaban J connectivity index is 2.03. The van der Waals surface area contributed by atoms with E-state index < -0.39 is 0 Å². The fraction of sp³-hybridized carbons (Fsp3) is 0.571. The first-order valence-corrected chi connectivity index (χ1v) is 7.29. The summed E-state index contributed by atoms with van der Waals surface area (Å²) in [5, 5.41) is 9.87. The van der Waals surface area contributed by atoms with Crippen LogP contribution in [-0.2, 0) is 6.54 Å². The highest BCUT2D eigenvalue weighted by Gasteiger charge is 2.25. The number of aromatic hydroxyl groups is 1. The molecule has 0 spiro atoms. The minimum atomic E-state index is 0.376. The number of nitrogens with zero attached hydrogens (tertiary/aromatic N) is 1. The number of nitrogens with two attached hydrogens (primary N) is 1. The molecule has 0 bridgehead atoms. The lowest BCUT2D eigenvalue weighted by Gasteiger charge is -2.36. The molecular formula is C14H21BrN2O. The fourth-order valence-electron chi connectivity index (χ4n) is 2.60. The first-order chi connectivity index (χ1) is 8.60. The van der Waals surface area contributed by atoms with Gasteiger partial charge >= 0.3 is 0 Å². The number of phenolic OH excluding ortho intramolecular Hbond substituents is 1. The number of phenols is 1. The lowest BCUT2D eigenvalue weighted by atomic mass is 9.87. The predicted octanol–water partition coefficient (Wildman–Crippen LogP) is 2.57. The maximum absolute atomic E-state index is 9.87. The topological polar surface area (TPSA) is 49.5 Å². The van der Waals surface area contributed by atoms with Gasteiger partial charge in [-0.2, -0.15) is 0 Å². The van der Waals surface area contributed by atoms with Crippen molar-refractivity contribution in [1.82, 2.24) is 4.90 Å². The molecule has 100 valence electrons. The van der Waals surface area contributed by atoms with Gasteiger partial charge in [0.2, 0.25) is 0 Å². The molecule has 0 aromatic heterocycles. The van der Waals surface area contributed by atoms with E-state index in [0.717, 1.165) is 36.2 Å². The van der Waals surface area contributed by atoms with Gasteiger partial charge in [-0.25, -0.2) is 0 Å². The summed E-state index contributed by atoms with van der Waals surface area (Å²) in [4.78, 5) is 2.39. The van der Waals surface area contributed by atoms with Crippen LogP contribution >= 0.6 is 15.9 Å². The molecule has 1 aromatic rings. The van der Waals surface area contributed by atoms with Gasteiger partial charge in [0, 0.05) is 23.1 Å². The van der Waals surface area contributed by atoms with Crippen molar-refractivity contribution in [1.29, 1.82) is 0 Å². The third-order valence-corrected chi connectivity index (χ3v) is 4.43.